The van der Waals surface area contributed by atoms with Gasteiger partial charge in [0, 0.05) is 5.69 Å². The second-order valence-electron chi connectivity index (χ2n) is 7.20. The number of rotatable bonds is 8. The molecule has 1 aromatic heterocycles. The highest BCUT2D eigenvalue weighted by Gasteiger charge is 2.33. The van der Waals surface area contributed by atoms with Crippen LogP contribution in [0.1, 0.15) is 12.0 Å². The number of carbonyl (C=O) groups excluding carboxylic acids is 4. The molecule has 0 saturated carbocycles. The molecule has 0 unspecified atom stereocenters. The van der Waals surface area contributed by atoms with Crippen molar-refractivity contribution in [2.75, 3.05) is 0 Å². The monoisotopic (exact) mass is 510 g/mol. The molecule has 0 bridgehead atoms. The SMILES string of the molecule is O=C(Cn1ncn(-c2ccccc2)c1=S)N/N=C\c1ccc(OC(=O)C[C@@H]2SC(=O)NC2=O)cc1. The molecule has 2 N–H and O–H groups in total. The first-order valence-electron chi connectivity index (χ1n) is 10.2. The third-order valence-corrected chi connectivity index (χ3v) is 6.08. The smallest absolute Gasteiger partial charge is 0.312 e. The Bertz CT molecular complexity index is 1350. The maximum absolute atomic E-state index is 12.2. The summed E-state index contributed by atoms with van der Waals surface area (Å²) in [5.41, 5.74) is 3.90. The quantitative estimate of drug-likeness (QED) is 0.155. The van der Waals surface area contributed by atoms with Crippen molar-refractivity contribution in [3.05, 3.63) is 71.3 Å². The van der Waals surface area contributed by atoms with Gasteiger partial charge in [-0.15, -0.1) is 0 Å². The molecule has 2 heterocycles. The van der Waals surface area contributed by atoms with Crippen LogP contribution >= 0.6 is 24.0 Å². The van der Waals surface area contributed by atoms with Crippen LogP contribution < -0.4 is 15.5 Å². The van der Waals surface area contributed by atoms with E-state index >= 15 is 0 Å². The number of ether oxygens (including phenoxy) is 1. The summed E-state index contributed by atoms with van der Waals surface area (Å²) in [5, 5.41) is 8.92. The van der Waals surface area contributed by atoms with Crippen LogP contribution in [-0.2, 0) is 20.9 Å². The third kappa shape index (κ3) is 6.28. The highest BCUT2D eigenvalue weighted by Crippen LogP contribution is 2.23. The fraction of sp³-hybridized carbons (Fsp3) is 0.136. The van der Waals surface area contributed by atoms with E-state index in [0.29, 0.717) is 10.3 Å². The molecule has 13 heteroatoms. The molecular weight excluding hydrogens is 492 g/mol. The average Bonchev–Trinajstić information content (AvgIpc) is 3.35. The lowest BCUT2D eigenvalue weighted by Gasteiger charge is -2.06. The number of hydrogen-bond donors (Lipinski definition) is 2. The minimum absolute atomic E-state index is 0.103. The molecule has 2 aromatic carbocycles. The first-order chi connectivity index (χ1) is 16.9. The van der Waals surface area contributed by atoms with E-state index in [1.54, 1.807) is 35.2 Å². The summed E-state index contributed by atoms with van der Waals surface area (Å²) < 4.78 is 8.65. The van der Waals surface area contributed by atoms with E-state index < -0.39 is 28.3 Å². The topological polar surface area (TPSA) is 137 Å². The number of amides is 3. The van der Waals surface area contributed by atoms with E-state index in [9.17, 15) is 19.2 Å². The molecule has 35 heavy (non-hydrogen) atoms. The molecule has 1 aliphatic heterocycles. The predicted molar refractivity (Wildman–Crippen MR) is 130 cm³/mol. The van der Waals surface area contributed by atoms with Gasteiger partial charge in [-0.25, -0.2) is 10.1 Å². The number of para-hydroxylation sites is 1. The lowest BCUT2D eigenvalue weighted by molar-refractivity contribution is -0.135. The lowest BCUT2D eigenvalue weighted by Crippen LogP contribution is -2.27. The van der Waals surface area contributed by atoms with Gasteiger partial charge in [0.1, 0.15) is 23.9 Å². The maximum atomic E-state index is 12.2. The van der Waals surface area contributed by atoms with Gasteiger partial charge < -0.3 is 4.74 Å². The van der Waals surface area contributed by atoms with Crippen molar-refractivity contribution in [3.8, 4) is 11.4 Å². The molecule has 0 aliphatic carbocycles. The second kappa shape index (κ2) is 10.9. The van der Waals surface area contributed by atoms with Gasteiger partial charge in [-0.2, -0.15) is 10.2 Å². The molecule has 0 spiro atoms. The number of imide groups is 1. The molecule has 3 aromatic rings. The lowest BCUT2D eigenvalue weighted by atomic mass is 10.2. The number of nitrogens with zero attached hydrogens (tertiary/aromatic N) is 4. The van der Waals surface area contributed by atoms with Crippen molar-refractivity contribution >= 4 is 53.2 Å². The number of carbonyl (C=O) groups is 4. The van der Waals surface area contributed by atoms with Gasteiger partial charge in [-0.05, 0) is 54.2 Å². The van der Waals surface area contributed by atoms with E-state index in [-0.39, 0.29) is 18.7 Å². The van der Waals surface area contributed by atoms with Crippen molar-refractivity contribution in [2.45, 2.75) is 18.2 Å². The number of hydrogen-bond acceptors (Lipinski definition) is 9. The first-order valence-corrected chi connectivity index (χ1v) is 11.5. The van der Waals surface area contributed by atoms with Crippen LogP contribution in [-0.4, -0.2) is 48.8 Å². The minimum atomic E-state index is -0.785. The molecule has 0 radical (unpaired) electrons. The molecule has 3 amide bonds. The van der Waals surface area contributed by atoms with E-state index in [1.807, 2.05) is 30.3 Å². The fourth-order valence-electron chi connectivity index (χ4n) is 3.04. The number of nitrogens with one attached hydrogen (secondary N) is 2. The van der Waals surface area contributed by atoms with Gasteiger partial charge in [-0.3, -0.25) is 29.1 Å². The molecule has 1 aliphatic rings. The van der Waals surface area contributed by atoms with Crippen molar-refractivity contribution in [1.29, 1.82) is 0 Å². The van der Waals surface area contributed by atoms with Crippen LogP contribution in [0.25, 0.3) is 5.69 Å². The average molecular weight is 511 g/mol. The van der Waals surface area contributed by atoms with Crippen LogP contribution in [0.5, 0.6) is 5.75 Å². The van der Waals surface area contributed by atoms with Crippen LogP contribution in [0.4, 0.5) is 4.79 Å². The molecule has 178 valence electrons. The van der Waals surface area contributed by atoms with Gasteiger partial charge in [-0.1, -0.05) is 30.0 Å². The summed E-state index contributed by atoms with van der Waals surface area (Å²) in [4.78, 5) is 46.9. The summed E-state index contributed by atoms with van der Waals surface area (Å²) >= 11 is 6.14. The molecule has 11 nitrogen and oxygen atoms in total. The van der Waals surface area contributed by atoms with Crippen molar-refractivity contribution in [3.63, 3.8) is 0 Å². The van der Waals surface area contributed by atoms with Crippen LogP contribution in [0.15, 0.2) is 66.0 Å². The van der Waals surface area contributed by atoms with Gasteiger partial charge >= 0.3 is 5.97 Å². The second-order valence-corrected chi connectivity index (χ2v) is 8.74. The summed E-state index contributed by atoms with van der Waals surface area (Å²) in [5.74, 6) is -1.27. The van der Waals surface area contributed by atoms with Gasteiger partial charge in [0.25, 0.3) is 11.1 Å². The van der Waals surface area contributed by atoms with Gasteiger partial charge in [0.2, 0.25) is 10.7 Å². The van der Waals surface area contributed by atoms with E-state index in [1.165, 1.54) is 10.9 Å². The Hall–Kier alpha value is -4.10. The van der Waals surface area contributed by atoms with Crippen molar-refractivity contribution < 1.29 is 23.9 Å². The van der Waals surface area contributed by atoms with E-state index in [4.69, 9.17) is 17.0 Å². The van der Waals surface area contributed by atoms with Crippen LogP contribution in [0.2, 0.25) is 0 Å². The highest BCUT2D eigenvalue weighted by molar-refractivity contribution is 8.15. The first kappa shape index (κ1) is 24.0. The minimum Gasteiger partial charge on any atom is -0.426 e. The Balaban J connectivity index is 1.26. The Kier molecular flexibility index (Phi) is 7.48. The van der Waals surface area contributed by atoms with Crippen molar-refractivity contribution in [2.24, 2.45) is 5.10 Å². The summed E-state index contributed by atoms with van der Waals surface area (Å²) in [6.45, 7) is -0.103. The molecule has 1 atom stereocenters. The Morgan fingerprint density at radius 1 is 1.17 bits per heavy atom. The van der Waals surface area contributed by atoms with E-state index in [2.05, 4.69) is 20.9 Å². The predicted octanol–water partition coefficient (Wildman–Crippen LogP) is 2.20. The maximum Gasteiger partial charge on any atom is 0.312 e. The fourth-order valence-corrected chi connectivity index (χ4v) is 4.10. The largest absolute Gasteiger partial charge is 0.426 e. The number of aromatic nitrogens is 3. The zero-order valence-electron chi connectivity index (χ0n) is 18.0. The van der Waals surface area contributed by atoms with Crippen molar-refractivity contribution in [1.82, 2.24) is 25.1 Å². The molecular formula is C22H18N6O5S2. The van der Waals surface area contributed by atoms with E-state index in [0.717, 1.165) is 17.4 Å². The molecule has 1 saturated heterocycles. The Labute approximate surface area is 208 Å². The Morgan fingerprint density at radius 2 is 1.91 bits per heavy atom. The standard InChI is InChI=1S/C22H18N6O5S2/c29-18(12-28-22(34)27(13-24-28)15-4-2-1-3-5-15)26-23-11-14-6-8-16(9-7-14)33-19(30)10-17-20(31)25-21(32)35-17/h1-9,11,13,17H,10,12H2,(H,26,29)(H,25,31,32)/b23-11-/t17-/m0/s1. The normalized spacial score (nSPS) is 15.3. The summed E-state index contributed by atoms with van der Waals surface area (Å²) in [7, 11) is 0. The van der Waals surface area contributed by atoms with Gasteiger partial charge in [0.15, 0.2) is 0 Å². The van der Waals surface area contributed by atoms with Gasteiger partial charge in [0.05, 0.1) is 12.6 Å². The number of esters is 1. The molecule has 1 fully saturated rings. The number of thioether (sulfide) groups is 1. The third-order valence-electron chi connectivity index (χ3n) is 4.69. The van der Waals surface area contributed by atoms with Crippen LogP contribution in [0.3, 0.4) is 0 Å². The summed E-state index contributed by atoms with van der Waals surface area (Å²) in [6, 6.07) is 15.8. The number of hydrazone groups is 1. The molecule has 4 rings (SSSR count). The summed E-state index contributed by atoms with van der Waals surface area (Å²) in [6.07, 6.45) is 2.75. The highest BCUT2D eigenvalue weighted by atomic mass is 32.2. The zero-order chi connectivity index (χ0) is 24.8. The number of benzene rings is 2. The Morgan fingerprint density at radius 3 is 2.60 bits per heavy atom. The van der Waals surface area contributed by atoms with Crippen LogP contribution in [0, 0.1) is 4.77 Å². The zero-order valence-corrected chi connectivity index (χ0v) is 19.6.